The third-order valence-corrected chi connectivity index (χ3v) is 5.40. The van der Waals surface area contributed by atoms with E-state index in [0.717, 1.165) is 22.0 Å². The fraction of sp³-hybridized carbons (Fsp3) is 0.222. The molecule has 26 heavy (non-hydrogen) atoms. The summed E-state index contributed by atoms with van der Waals surface area (Å²) in [4.78, 5) is 22.8. The first-order chi connectivity index (χ1) is 12.6. The molecule has 0 aliphatic carbocycles. The van der Waals surface area contributed by atoms with Crippen LogP contribution in [0.3, 0.4) is 0 Å². The molecule has 0 spiro atoms. The van der Waals surface area contributed by atoms with Crippen molar-refractivity contribution < 1.29 is 9.72 Å². The molecule has 0 aromatic heterocycles. The summed E-state index contributed by atoms with van der Waals surface area (Å²) >= 11 is 3.00. The van der Waals surface area contributed by atoms with Crippen LogP contribution in [-0.4, -0.2) is 28.9 Å². The Morgan fingerprint density at radius 1 is 1.19 bits per heavy atom. The zero-order chi connectivity index (χ0) is 18.8. The van der Waals surface area contributed by atoms with Crippen molar-refractivity contribution in [3.05, 3.63) is 69.8 Å². The van der Waals surface area contributed by atoms with Crippen molar-refractivity contribution in [1.29, 1.82) is 5.26 Å². The summed E-state index contributed by atoms with van der Waals surface area (Å²) in [7, 11) is 0. The number of nitrogens with one attached hydrogen (secondary N) is 1. The lowest BCUT2D eigenvalue weighted by atomic mass is 10.1. The van der Waals surface area contributed by atoms with Crippen LogP contribution in [0.25, 0.3) is 0 Å². The van der Waals surface area contributed by atoms with Crippen LogP contribution in [0.5, 0.6) is 0 Å². The number of nitro groups is 1. The Bertz CT molecular complexity index is 804. The summed E-state index contributed by atoms with van der Waals surface area (Å²) in [5, 5.41) is 22.5. The summed E-state index contributed by atoms with van der Waals surface area (Å²) in [6.45, 7) is 0.555. The largest absolute Gasteiger partial charge is 0.355 e. The molecule has 2 aromatic rings. The van der Waals surface area contributed by atoms with Gasteiger partial charge in [-0.2, -0.15) is 17.0 Å². The van der Waals surface area contributed by atoms with Gasteiger partial charge in [0.25, 0.3) is 5.69 Å². The molecule has 6 nitrogen and oxygen atoms in total. The quantitative estimate of drug-likeness (QED) is 0.306. The molecule has 2 rings (SSSR count). The molecule has 1 N–H and O–H groups in total. The van der Waals surface area contributed by atoms with E-state index in [0.29, 0.717) is 12.1 Å². The number of thioether (sulfide) groups is 2. The third kappa shape index (κ3) is 6.43. The number of carbonyl (C=O) groups is 1. The lowest BCUT2D eigenvalue weighted by molar-refractivity contribution is -0.384. The first kappa shape index (κ1) is 19.8. The second-order valence-corrected chi connectivity index (χ2v) is 7.37. The Hall–Kier alpha value is -2.50. The van der Waals surface area contributed by atoms with Gasteiger partial charge in [-0.15, -0.1) is 11.8 Å². The highest BCUT2D eigenvalue weighted by Gasteiger charge is 2.06. The van der Waals surface area contributed by atoms with E-state index in [1.54, 1.807) is 30.0 Å². The molecule has 0 aliphatic heterocycles. The number of non-ortho nitro benzene ring substituents is 1. The van der Waals surface area contributed by atoms with Gasteiger partial charge in [-0.1, -0.05) is 18.2 Å². The van der Waals surface area contributed by atoms with Crippen molar-refractivity contribution >= 4 is 35.1 Å². The Balaban J connectivity index is 1.63. The number of nitro benzene ring substituents is 1. The molecule has 0 unspecified atom stereocenters. The zero-order valence-corrected chi connectivity index (χ0v) is 15.5. The normalized spacial score (nSPS) is 10.1. The summed E-state index contributed by atoms with van der Waals surface area (Å²) in [6.07, 6.45) is 0. The Morgan fingerprint density at radius 2 is 1.92 bits per heavy atom. The minimum Gasteiger partial charge on any atom is -0.355 e. The van der Waals surface area contributed by atoms with E-state index in [2.05, 4.69) is 11.4 Å². The van der Waals surface area contributed by atoms with Crippen LogP contribution in [0.2, 0.25) is 0 Å². The molecule has 0 saturated heterocycles. The van der Waals surface area contributed by atoms with Crippen LogP contribution < -0.4 is 5.32 Å². The van der Waals surface area contributed by atoms with Crippen molar-refractivity contribution in [3.63, 3.8) is 0 Å². The van der Waals surface area contributed by atoms with Gasteiger partial charge in [0.05, 0.1) is 22.3 Å². The van der Waals surface area contributed by atoms with Crippen molar-refractivity contribution in [2.24, 2.45) is 0 Å². The van der Waals surface area contributed by atoms with E-state index in [-0.39, 0.29) is 17.3 Å². The number of benzene rings is 2. The van der Waals surface area contributed by atoms with Crippen molar-refractivity contribution in [3.8, 4) is 6.07 Å². The van der Waals surface area contributed by atoms with E-state index in [9.17, 15) is 14.9 Å². The lowest BCUT2D eigenvalue weighted by Gasteiger charge is -2.06. The van der Waals surface area contributed by atoms with E-state index in [1.807, 2.05) is 18.2 Å². The topological polar surface area (TPSA) is 96.0 Å². The summed E-state index contributed by atoms with van der Waals surface area (Å²) < 4.78 is 0. The van der Waals surface area contributed by atoms with Gasteiger partial charge >= 0.3 is 0 Å². The molecule has 0 radical (unpaired) electrons. The summed E-state index contributed by atoms with van der Waals surface area (Å²) in [5.74, 6) is 1.68. The fourth-order valence-corrected chi connectivity index (χ4v) is 3.65. The average molecular weight is 387 g/mol. The third-order valence-electron chi connectivity index (χ3n) is 3.38. The molecule has 1 amide bonds. The lowest BCUT2D eigenvalue weighted by Crippen LogP contribution is -2.27. The molecule has 0 atom stereocenters. The van der Waals surface area contributed by atoms with Gasteiger partial charge in [-0.3, -0.25) is 14.9 Å². The van der Waals surface area contributed by atoms with E-state index in [4.69, 9.17) is 5.26 Å². The van der Waals surface area contributed by atoms with Gasteiger partial charge in [-0.25, -0.2) is 0 Å². The fourth-order valence-electron chi connectivity index (χ4n) is 2.06. The molecular weight excluding hydrogens is 370 g/mol. The molecule has 0 saturated carbocycles. The molecule has 8 heteroatoms. The predicted octanol–water partition coefficient (Wildman–Crippen LogP) is 3.61. The van der Waals surface area contributed by atoms with Crippen LogP contribution >= 0.6 is 23.5 Å². The second kappa shape index (κ2) is 10.5. The number of nitriles is 1. The Labute approximate surface area is 160 Å². The first-order valence-electron chi connectivity index (χ1n) is 7.80. The molecule has 0 heterocycles. The first-order valence-corrected chi connectivity index (χ1v) is 9.94. The number of rotatable bonds is 9. The number of hydrogen-bond donors (Lipinski definition) is 1. The van der Waals surface area contributed by atoms with Crippen molar-refractivity contribution in [2.75, 3.05) is 18.1 Å². The van der Waals surface area contributed by atoms with Gasteiger partial charge in [0.2, 0.25) is 5.91 Å². The SMILES string of the molecule is N#Cc1ccccc1CSCCNC(=O)CSc1ccc([N+](=O)[O-])cc1. The van der Waals surface area contributed by atoms with Crippen LogP contribution in [0, 0.1) is 21.4 Å². The maximum Gasteiger partial charge on any atom is 0.269 e. The number of hydrogen-bond acceptors (Lipinski definition) is 6. The van der Waals surface area contributed by atoms with Crippen LogP contribution in [-0.2, 0) is 10.5 Å². The maximum atomic E-state index is 11.8. The highest BCUT2D eigenvalue weighted by Crippen LogP contribution is 2.21. The van der Waals surface area contributed by atoms with Gasteiger partial charge < -0.3 is 5.32 Å². The summed E-state index contributed by atoms with van der Waals surface area (Å²) in [5.41, 5.74) is 1.72. The number of amides is 1. The molecule has 0 aliphatic rings. The minimum atomic E-state index is -0.451. The van der Waals surface area contributed by atoms with Crippen molar-refractivity contribution in [2.45, 2.75) is 10.6 Å². The molecule has 2 aromatic carbocycles. The van der Waals surface area contributed by atoms with Gasteiger partial charge in [0.15, 0.2) is 0 Å². The van der Waals surface area contributed by atoms with Gasteiger partial charge in [0.1, 0.15) is 0 Å². The van der Waals surface area contributed by atoms with Crippen LogP contribution in [0.4, 0.5) is 5.69 Å². The monoisotopic (exact) mass is 387 g/mol. The predicted molar refractivity (Wildman–Crippen MR) is 104 cm³/mol. The van der Waals surface area contributed by atoms with Gasteiger partial charge in [-0.05, 0) is 23.8 Å². The van der Waals surface area contributed by atoms with Crippen LogP contribution in [0.1, 0.15) is 11.1 Å². The Kier molecular flexibility index (Phi) is 7.99. The van der Waals surface area contributed by atoms with E-state index >= 15 is 0 Å². The van der Waals surface area contributed by atoms with Gasteiger partial charge in [0, 0.05) is 35.1 Å². The zero-order valence-electron chi connectivity index (χ0n) is 13.9. The smallest absolute Gasteiger partial charge is 0.269 e. The number of nitrogens with zero attached hydrogens (tertiary/aromatic N) is 2. The highest BCUT2D eigenvalue weighted by atomic mass is 32.2. The van der Waals surface area contributed by atoms with Crippen molar-refractivity contribution in [1.82, 2.24) is 5.32 Å². The molecule has 0 bridgehead atoms. The van der Waals surface area contributed by atoms with Crippen LogP contribution in [0.15, 0.2) is 53.4 Å². The van der Waals surface area contributed by atoms with E-state index in [1.165, 1.54) is 23.9 Å². The summed E-state index contributed by atoms with van der Waals surface area (Å²) in [6, 6.07) is 15.8. The molecular formula is C18H17N3O3S2. The minimum absolute atomic E-state index is 0.0359. The number of carbonyl (C=O) groups excluding carboxylic acids is 1. The highest BCUT2D eigenvalue weighted by molar-refractivity contribution is 8.00. The second-order valence-electron chi connectivity index (χ2n) is 5.21. The molecule has 134 valence electrons. The van der Waals surface area contributed by atoms with E-state index < -0.39 is 4.92 Å². The standard InChI is InChI=1S/C18H17N3O3S2/c19-11-14-3-1-2-4-15(14)12-25-10-9-20-18(22)13-26-17-7-5-16(6-8-17)21(23)24/h1-8H,9-10,12-13H2,(H,20,22). The maximum absolute atomic E-state index is 11.8. The molecule has 0 fully saturated rings. The average Bonchev–Trinajstić information content (AvgIpc) is 2.66. The Morgan fingerprint density at radius 3 is 2.62 bits per heavy atom.